The molecule has 0 saturated heterocycles. The number of fused-ring (bicyclic) bond motifs is 1. The fourth-order valence-corrected chi connectivity index (χ4v) is 1.62. The summed E-state index contributed by atoms with van der Waals surface area (Å²) in [5, 5.41) is 10.4. The molecule has 18 heavy (non-hydrogen) atoms. The van der Waals surface area contributed by atoms with Gasteiger partial charge < -0.3 is 14.8 Å². The number of aromatic nitrogens is 2. The molecule has 0 aliphatic rings. The van der Waals surface area contributed by atoms with Crippen LogP contribution in [-0.2, 0) is 9.47 Å². The van der Waals surface area contributed by atoms with E-state index < -0.39 is 6.29 Å². The van der Waals surface area contributed by atoms with Gasteiger partial charge in [0, 0.05) is 25.2 Å². The van der Waals surface area contributed by atoms with E-state index in [-0.39, 0.29) is 5.91 Å². The van der Waals surface area contributed by atoms with Gasteiger partial charge in [-0.15, -0.1) is 0 Å². The highest BCUT2D eigenvalue weighted by molar-refractivity contribution is 5.97. The highest BCUT2D eigenvalue weighted by Gasteiger charge is 2.10. The highest BCUT2D eigenvalue weighted by atomic mass is 16.7. The van der Waals surface area contributed by atoms with Crippen molar-refractivity contribution in [2.24, 2.45) is 0 Å². The number of H-pyrrole nitrogens is 1. The summed E-state index contributed by atoms with van der Waals surface area (Å²) < 4.78 is 9.98. The average molecular weight is 249 g/mol. The maximum absolute atomic E-state index is 11.9. The molecule has 0 unspecified atom stereocenters. The molecule has 0 fully saturated rings. The van der Waals surface area contributed by atoms with Gasteiger partial charge in [-0.25, -0.2) is 0 Å². The van der Waals surface area contributed by atoms with E-state index in [4.69, 9.17) is 9.47 Å². The van der Waals surface area contributed by atoms with E-state index in [1.165, 1.54) is 14.2 Å². The summed E-state index contributed by atoms with van der Waals surface area (Å²) in [5.41, 5.74) is 1.40. The van der Waals surface area contributed by atoms with Crippen molar-refractivity contribution >= 4 is 16.8 Å². The van der Waals surface area contributed by atoms with Crippen LogP contribution in [0.5, 0.6) is 0 Å². The van der Waals surface area contributed by atoms with Crippen molar-refractivity contribution < 1.29 is 14.3 Å². The van der Waals surface area contributed by atoms with Crippen LogP contribution in [0.3, 0.4) is 0 Å². The normalized spacial score (nSPS) is 11.1. The Morgan fingerprint density at radius 3 is 2.94 bits per heavy atom. The minimum atomic E-state index is -0.440. The van der Waals surface area contributed by atoms with Crippen LogP contribution >= 0.6 is 0 Å². The van der Waals surface area contributed by atoms with Gasteiger partial charge >= 0.3 is 0 Å². The van der Waals surface area contributed by atoms with Crippen LogP contribution in [0.1, 0.15) is 10.4 Å². The van der Waals surface area contributed by atoms with Gasteiger partial charge in [0.25, 0.3) is 5.91 Å². The van der Waals surface area contributed by atoms with Crippen LogP contribution in [0, 0.1) is 0 Å². The zero-order chi connectivity index (χ0) is 13.0. The van der Waals surface area contributed by atoms with E-state index >= 15 is 0 Å². The first-order valence-electron chi connectivity index (χ1n) is 5.51. The number of nitrogens with one attached hydrogen (secondary N) is 2. The van der Waals surface area contributed by atoms with Crippen LogP contribution < -0.4 is 5.32 Å². The van der Waals surface area contributed by atoms with E-state index in [2.05, 4.69) is 15.5 Å². The summed E-state index contributed by atoms with van der Waals surface area (Å²) in [6, 6.07) is 5.35. The Morgan fingerprint density at radius 1 is 1.44 bits per heavy atom. The number of amides is 1. The fraction of sp³-hybridized carbons (Fsp3) is 0.333. The number of ether oxygens (including phenoxy) is 2. The summed E-state index contributed by atoms with van der Waals surface area (Å²) in [6.07, 6.45) is 1.27. The second-order valence-corrected chi connectivity index (χ2v) is 3.78. The van der Waals surface area contributed by atoms with Crippen molar-refractivity contribution in [3.63, 3.8) is 0 Å². The smallest absolute Gasteiger partial charge is 0.251 e. The Morgan fingerprint density at radius 2 is 2.22 bits per heavy atom. The molecule has 6 heteroatoms. The van der Waals surface area contributed by atoms with Gasteiger partial charge in [0.2, 0.25) is 0 Å². The summed E-state index contributed by atoms with van der Waals surface area (Å²) in [5.74, 6) is -0.175. The number of aromatic amines is 1. The molecule has 2 aromatic rings. The molecule has 1 heterocycles. The third kappa shape index (κ3) is 2.66. The minimum Gasteiger partial charge on any atom is -0.354 e. The van der Waals surface area contributed by atoms with Crippen molar-refractivity contribution in [2.45, 2.75) is 6.29 Å². The Kier molecular flexibility index (Phi) is 3.91. The molecular weight excluding hydrogens is 234 g/mol. The second kappa shape index (κ2) is 5.61. The molecule has 0 spiro atoms. The first-order chi connectivity index (χ1) is 8.74. The molecule has 1 aromatic heterocycles. The molecule has 0 radical (unpaired) electrons. The number of hydrogen-bond acceptors (Lipinski definition) is 4. The van der Waals surface area contributed by atoms with Crippen molar-refractivity contribution in [1.29, 1.82) is 0 Å². The van der Waals surface area contributed by atoms with Crippen LogP contribution in [0.4, 0.5) is 0 Å². The number of rotatable bonds is 5. The maximum atomic E-state index is 11.9. The van der Waals surface area contributed by atoms with Crippen molar-refractivity contribution in [3.05, 3.63) is 30.0 Å². The van der Waals surface area contributed by atoms with E-state index in [1.807, 2.05) is 6.07 Å². The molecule has 6 nitrogen and oxygen atoms in total. The lowest BCUT2D eigenvalue weighted by Crippen LogP contribution is -2.34. The predicted octanol–water partition coefficient (Wildman–Crippen LogP) is 0.912. The monoisotopic (exact) mass is 249 g/mol. The van der Waals surface area contributed by atoms with Gasteiger partial charge in [0.15, 0.2) is 6.29 Å². The number of carbonyl (C=O) groups excluding carboxylic acids is 1. The molecule has 1 amide bonds. The van der Waals surface area contributed by atoms with E-state index in [0.29, 0.717) is 12.1 Å². The highest BCUT2D eigenvalue weighted by Crippen LogP contribution is 2.12. The lowest BCUT2D eigenvalue weighted by Gasteiger charge is -2.13. The van der Waals surface area contributed by atoms with E-state index in [9.17, 15) is 4.79 Å². The summed E-state index contributed by atoms with van der Waals surface area (Å²) in [4.78, 5) is 11.9. The molecular formula is C12H15N3O3. The van der Waals surface area contributed by atoms with Crippen LogP contribution in [0.25, 0.3) is 10.9 Å². The quantitative estimate of drug-likeness (QED) is 0.772. The molecule has 0 bridgehead atoms. The second-order valence-electron chi connectivity index (χ2n) is 3.78. The Labute approximate surface area is 104 Å². The Bertz CT molecular complexity index is 534. The topological polar surface area (TPSA) is 76.2 Å². The number of nitrogens with zero attached hydrogens (tertiary/aromatic N) is 1. The maximum Gasteiger partial charge on any atom is 0.251 e. The molecule has 2 N–H and O–H groups in total. The zero-order valence-electron chi connectivity index (χ0n) is 10.3. The minimum absolute atomic E-state index is 0.175. The van der Waals surface area contributed by atoms with Gasteiger partial charge in [-0.05, 0) is 12.1 Å². The largest absolute Gasteiger partial charge is 0.354 e. The lowest BCUT2D eigenvalue weighted by atomic mass is 10.1. The Hall–Kier alpha value is -1.92. The van der Waals surface area contributed by atoms with Gasteiger partial charge in [0.1, 0.15) is 0 Å². The van der Waals surface area contributed by atoms with Gasteiger partial charge in [-0.3, -0.25) is 9.89 Å². The third-order valence-electron chi connectivity index (χ3n) is 2.66. The van der Waals surface area contributed by atoms with Crippen LogP contribution in [0.15, 0.2) is 24.4 Å². The molecule has 0 atom stereocenters. The molecule has 1 aromatic carbocycles. The van der Waals surface area contributed by atoms with Gasteiger partial charge in [0.05, 0.1) is 18.3 Å². The van der Waals surface area contributed by atoms with Crippen LogP contribution in [-0.4, -0.2) is 43.2 Å². The number of hydrogen-bond donors (Lipinski definition) is 2. The molecule has 0 aliphatic heterocycles. The number of benzene rings is 1. The molecule has 0 aliphatic carbocycles. The first kappa shape index (κ1) is 12.5. The SMILES string of the molecule is COC(CNC(=O)c1ccc2cn[nH]c2c1)OC. The number of carbonyl (C=O) groups is 1. The van der Waals surface area contributed by atoms with Crippen molar-refractivity contribution in [3.8, 4) is 0 Å². The fourth-order valence-electron chi connectivity index (χ4n) is 1.62. The van der Waals surface area contributed by atoms with E-state index in [1.54, 1.807) is 18.3 Å². The first-order valence-corrected chi connectivity index (χ1v) is 5.51. The lowest BCUT2D eigenvalue weighted by molar-refractivity contribution is -0.0974. The predicted molar refractivity (Wildman–Crippen MR) is 66.2 cm³/mol. The molecule has 0 saturated carbocycles. The van der Waals surface area contributed by atoms with Gasteiger partial charge in [-0.1, -0.05) is 6.07 Å². The molecule has 2 rings (SSSR count). The standard InChI is InChI=1S/C12H15N3O3/c1-17-11(18-2)7-13-12(16)8-3-4-9-6-14-15-10(9)5-8/h3-6,11H,7H2,1-2H3,(H,13,16)(H,14,15). The Balaban J connectivity index is 2.04. The van der Waals surface area contributed by atoms with E-state index in [0.717, 1.165) is 10.9 Å². The summed E-state index contributed by atoms with van der Waals surface area (Å²) >= 11 is 0. The van der Waals surface area contributed by atoms with Crippen LogP contribution in [0.2, 0.25) is 0 Å². The van der Waals surface area contributed by atoms with Gasteiger partial charge in [-0.2, -0.15) is 5.10 Å². The summed E-state index contributed by atoms with van der Waals surface area (Å²) in [6.45, 7) is 0.298. The molecule has 96 valence electrons. The van der Waals surface area contributed by atoms with Crippen molar-refractivity contribution in [2.75, 3.05) is 20.8 Å². The van der Waals surface area contributed by atoms with Crippen molar-refractivity contribution in [1.82, 2.24) is 15.5 Å². The third-order valence-corrected chi connectivity index (χ3v) is 2.66. The number of methoxy groups -OCH3 is 2. The summed E-state index contributed by atoms with van der Waals surface area (Å²) in [7, 11) is 3.05. The zero-order valence-corrected chi connectivity index (χ0v) is 10.3. The average Bonchev–Trinajstić information content (AvgIpc) is 2.86.